The van der Waals surface area contributed by atoms with Crippen molar-refractivity contribution in [1.29, 1.82) is 0 Å². The summed E-state index contributed by atoms with van der Waals surface area (Å²) < 4.78 is 10.7. The molecule has 0 aromatic rings. The third-order valence-corrected chi connectivity index (χ3v) is 3.07. The molecular formula is C12H24N2O3. The lowest BCUT2D eigenvalue weighted by Gasteiger charge is -2.27. The van der Waals surface area contributed by atoms with E-state index in [9.17, 15) is 4.79 Å². The van der Waals surface area contributed by atoms with Gasteiger partial charge in [0.1, 0.15) is 12.8 Å². The minimum atomic E-state index is -0.372. The van der Waals surface area contributed by atoms with Crippen LogP contribution in [0.25, 0.3) is 0 Å². The highest BCUT2D eigenvalue weighted by molar-refractivity contribution is 5.66. The van der Waals surface area contributed by atoms with Gasteiger partial charge in [0.25, 0.3) is 0 Å². The van der Waals surface area contributed by atoms with Crippen molar-refractivity contribution in [2.45, 2.75) is 32.9 Å². The highest BCUT2D eigenvalue weighted by Crippen LogP contribution is 2.21. The van der Waals surface area contributed by atoms with E-state index in [-0.39, 0.29) is 12.3 Å². The maximum Gasteiger partial charge on any atom is 0.406 e. The van der Waals surface area contributed by atoms with E-state index in [0.717, 1.165) is 26.1 Å². The maximum absolute atomic E-state index is 10.9. The van der Waals surface area contributed by atoms with Crippen LogP contribution in [0.15, 0.2) is 0 Å². The first kappa shape index (κ1) is 14.3. The van der Waals surface area contributed by atoms with Gasteiger partial charge < -0.3 is 14.8 Å². The smallest absolute Gasteiger partial charge is 0.406 e. The number of rotatable bonds is 6. The van der Waals surface area contributed by atoms with Crippen molar-refractivity contribution < 1.29 is 14.3 Å². The molecule has 0 saturated carbocycles. The van der Waals surface area contributed by atoms with E-state index in [2.05, 4.69) is 24.1 Å². The molecule has 1 amide bonds. The molecule has 0 aliphatic carbocycles. The zero-order chi connectivity index (χ0) is 12.7. The summed E-state index contributed by atoms with van der Waals surface area (Å²) in [4.78, 5) is 13.2. The third-order valence-electron chi connectivity index (χ3n) is 3.07. The van der Waals surface area contributed by atoms with Gasteiger partial charge in [-0.2, -0.15) is 0 Å². The predicted octanol–water partition coefficient (Wildman–Crippen LogP) is 1.44. The molecule has 1 heterocycles. The van der Waals surface area contributed by atoms with Gasteiger partial charge in [-0.15, -0.1) is 0 Å². The predicted molar refractivity (Wildman–Crippen MR) is 65.8 cm³/mol. The van der Waals surface area contributed by atoms with Crippen molar-refractivity contribution in [3.8, 4) is 0 Å². The number of carbonyl (C=O) groups excluding carboxylic acids is 1. The van der Waals surface area contributed by atoms with Gasteiger partial charge in [0, 0.05) is 20.1 Å². The summed E-state index contributed by atoms with van der Waals surface area (Å²) in [5, 5.41) is 2.43. The van der Waals surface area contributed by atoms with Crippen LogP contribution < -0.4 is 5.32 Å². The van der Waals surface area contributed by atoms with Gasteiger partial charge in [-0.05, 0) is 12.3 Å². The normalized spacial score (nSPS) is 22.4. The second kappa shape index (κ2) is 7.50. The average Bonchev–Trinajstić information content (AvgIpc) is 2.77. The molecule has 0 aromatic carbocycles. The fourth-order valence-electron chi connectivity index (χ4n) is 2.21. The number of nitrogens with one attached hydrogen (secondary N) is 1. The van der Waals surface area contributed by atoms with E-state index in [0.29, 0.717) is 12.5 Å². The van der Waals surface area contributed by atoms with Crippen LogP contribution in [0, 0.1) is 5.92 Å². The van der Waals surface area contributed by atoms with Gasteiger partial charge in [-0.3, -0.25) is 4.90 Å². The molecule has 0 aromatic heterocycles. The second-order valence-corrected chi connectivity index (χ2v) is 4.45. The largest absolute Gasteiger partial charge is 0.448 e. The van der Waals surface area contributed by atoms with Crippen LogP contribution in [0.1, 0.15) is 26.7 Å². The van der Waals surface area contributed by atoms with E-state index in [1.54, 1.807) is 7.05 Å². The molecule has 2 unspecified atom stereocenters. The number of ether oxygens (including phenoxy) is 2. The summed E-state index contributed by atoms with van der Waals surface area (Å²) in [7, 11) is 1.56. The number of carbonyl (C=O) groups is 1. The molecule has 1 saturated heterocycles. The van der Waals surface area contributed by atoms with E-state index in [1.807, 2.05) is 0 Å². The molecule has 1 aliphatic rings. The summed E-state index contributed by atoms with van der Waals surface area (Å²) in [5.74, 6) is 0.530. The number of amides is 1. The van der Waals surface area contributed by atoms with Gasteiger partial charge in [-0.1, -0.05) is 20.3 Å². The molecule has 1 aliphatic heterocycles. The summed E-state index contributed by atoms with van der Waals surface area (Å²) in [5.41, 5.74) is 0. The van der Waals surface area contributed by atoms with Crippen LogP contribution in [-0.4, -0.2) is 50.6 Å². The Kier molecular flexibility index (Phi) is 6.29. The first-order chi connectivity index (χ1) is 8.19. The highest BCUT2D eigenvalue weighted by atomic mass is 16.5. The average molecular weight is 244 g/mol. The molecule has 1 fully saturated rings. The Morgan fingerprint density at radius 3 is 3.06 bits per heavy atom. The molecule has 17 heavy (non-hydrogen) atoms. The lowest BCUT2D eigenvalue weighted by molar-refractivity contribution is -0.0164. The van der Waals surface area contributed by atoms with Crippen LogP contribution in [0.5, 0.6) is 0 Å². The summed E-state index contributed by atoms with van der Waals surface area (Å²) in [6.45, 7) is 7.26. The zero-order valence-electron chi connectivity index (χ0n) is 11.1. The van der Waals surface area contributed by atoms with Gasteiger partial charge >= 0.3 is 6.09 Å². The minimum absolute atomic E-state index is 0.184. The standard InChI is InChI=1S/C12H24N2O3/c1-4-5-10(2)11-14(6-8-16-11)7-9-17-12(15)13-3/h10-11H,4-9H2,1-3H3,(H,13,15). The zero-order valence-corrected chi connectivity index (χ0v) is 11.1. The number of alkyl carbamates (subject to hydrolysis) is 1. The van der Waals surface area contributed by atoms with Crippen LogP contribution in [0.3, 0.4) is 0 Å². The fraction of sp³-hybridized carbons (Fsp3) is 0.917. The summed E-state index contributed by atoms with van der Waals surface area (Å²) in [6.07, 6.45) is 2.15. The minimum Gasteiger partial charge on any atom is -0.448 e. The Bertz CT molecular complexity index is 236. The van der Waals surface area contributed by atoms with E-state index < -0.39 is 0 Å². The lowest BCUT2D eigenvalue weighted by Crippen LogP contribution is -2.38. The molecule has 5 nitrogen and oxygen atoms in total. The molecule has 0 spiro atoms. The van der Waals surface area contributed by atoms with Crippen molar-refractivity contribution in [2.75, 3.05) is 33.4 Å². The maximum atomic E-state index is 10.9. The molecule has 0 radical (unpaired) electrons. The van der Waals surface area contributed by atoms with Crippen molar-refractivity contribution in [1.82, 2.24) is 10.2 Å². The van der Waals surface area contributed by atoms with Crippen LogP contribution >= 0.6 is 0 Å². The van der Waals surface area contributed by atoms with E-state index in [1.165, 1.54) is 6.42 Å². The number of hydrogen-bond acceptors (Lipinski definition) is 4. The first-order valence-corrected chi connectivity index (χ1v) is 6.39. The molecule has 1 N–H and O–H groups in total. The summed E-state index contributed by atoms with van der Waals surface area (Å²) >= 11 is 0. The molecular weight excluding hydrogens is 220 g/mol. The monoisotopic (exact) mass is 244 g/mol. The molecule has 5 heteroatoms. The second-order valence-electron chi connectivity index (χ2n) is 4.45. The molecule has 1 rings (SSSR count). The molecule has 0 bridgehead atoms. The SMILES string of the molecule is CCCC(C)C1OCCN1CCOC(=O)NC. The van der Waals surface area contributed by atoms with Crippen LogP contribution in [0.4, 0.5) is 4.79 Å². The Morgan fingerprint density at radius 1 is 1.65 bits per heavy atom. The van der Waals surface area contributed by atoms with Gasteiger partial charge in [0.15, 0.2) is 0 Å². The molecule has 2 atom stereocenters. The van der Waals surface area contributed by atoms with Gasteiger partial charge in [0.05, 0.1) is 6.61 Å². The van der Waals surface area contributed by atoms with Crippen molar-refractivity contribution >= 4 is 6.09 Å². The van der Waals surface area contributed by atoms with Crippen LogP contribution in [-0.2, 0) is 9.47 Å². The van der Waals surface area contributed by atoms with Crippen molar-refractivity contribution in [3.63, 3.8) is 0 Å². The fourth-order valence-corrected chi connectivity index (χ4v) is 2.21. The molecule has 100 valence electrons. The van der Waals surface area contributed by atoms with E-state index >= 15 is 0 Å². The topological polar surface area (TPSA) is 50.8 Å². The highest BCUT2D eigenvalue weighted by Gasteiger charge is 2.29. The van der Waals surface area contributed by atoms with Gasteiger partial charge in [-0.25, -0.2) is 4.79 Å². The quantitative estimate of drug-likeness (QED) is 0.768. The Balaban J connectivity index is 2.28. The number of nitrogens with zero attached hydrogens (tertiary/aromatic N) is 1. The van der Waals surface area contributed by atoms with E-state index in [4.69, 9.17) is 9.47 Å². The third kappa shape index (κ3) is 4.52. The van der Waals surface area contributed by atoms with Crippen molar-refractivity contribution in [2.24, 2.45) is 5.92 Å². The Labute approximate surface area is 103 Å². The lowest BCUT2D eigenvalue weighted by atomic mass is 10.0. The van der Waals surface area contributed by atoms with Gasteiger partial charge in [0.2, 0.25) is 0 Å². The number of hydrogen-bond donors (Lipinski definition) is 1. The van der Waals surface area contributed by atoms with Crippen LogP contribution in [0.2, 0.25) is 0 Å². The Hall–Kier alpha value is -0.810. The Morgan fingerprint density at radius 2 is 2.41 bits per heavy atom. The first-order valence-electron chi connectivity index (χ1n) is 6.39. The summed E-state index contributed by atoms with van der Waals surface area (Å²) in [6, 6.07) is 0. The van der Waals surface area contributed by atoms with Crippen molar-refractivity contribution in [3.05, 3.63) is 0 Å².